The first-order valence-corrected chi connectivity index (χ1v) is 8.80. The predicted molar refractivity (Wildman–Crippen MR) is 105 cm³/mol. The van der Waals surface area contributed by atoms with Gasteiger partial charge in [0.25, 0.3) is 11.1 Å². The van der Waals surface area contributed by atoms with Crippen LogP contribution in [-0.4, -0.2) is 19.9 Å². The molecule has 0 saturated heterocycles. The molecule has 138 valence electrons. The second-order valence-electron chi connectivity index (χ2n) is 9.00. The van der Waals surface area contributed by atoms with E-state index < -0.39 is 0 Å². The first kappa shape index (κ1) is 18.3. The highest BCUT2D eigenvalue weighted by Gasteiger charge is 2.32. The van der Waals surface area contributed by atoms with Crippen LogP contribution in [0.3, 0.4) is 0 Å². The number of aryl methyl sites for hydroxylation is 2. The summed E-state index contributed by atoms with van der Waals surface area (Å²) in [5, 5.41) is 1.05. The van der Waals surface area contributed by atoms with Crippen molar-refractivity contribution in [3.63, 3.8) is 0 Å². The Kier molecular flexibility index (Phi) is 3.87. The molecular formula is C20H26N4O2. The van der Waals surface area contributed by atoms with E-state index in [1.165, 1.54) is 0 Å². The summed E-state index contributed by atoms with van der Waals surface area (Å²) in [4.78, 5) is 40.8. The highest BCUT2D eigenvalue weighted by atomic mass is 16.1. The average Bonchev–Trinajstić information content (AvgIpc) is 2.42. The molecule has 0 aliphatic rings. The Morgan fingerprint density at radius 3 is 1.23 bits per heavy atom. The van der Waals surface area contributed by atoms with Crippen molar-refractivity contribution in [2.45, 2.75) is 66.2 Å². The molecule has 0 spiro atoms. The normalized spacial score (nSPS) is 12.9. The van der Waals surface area contributed by atoms with E-state index >= 15 is 0 Å². The number of fused-ring (bicyclic) bond motifs is 2. The van der Waals surface area contributed by atoms with E-state index in [-0.39, 0.29) is 21.9 Å². The summed E-state index contributed by atoms with van der Waals surface area (Å²) in [7, 11) is 0. The SMILES string of the molecule is Cc1nc2c(C(C)(C)C)c3c(=O)[nH]c(C)nc3c(C(C)(C)C)c2c(=O)[nH]1. The molecule has 0 radical (unpaired) electrons. The van der Waals surface area contributed by atoms with Crippen LogP contribution in [0.5, 0.6) is 0 Å². The van der Waals surface area contributed by atoms with Crippen LogP contribution in [0.15, 0.2) is 9.59 Å². The maximum Gasteiger partial charge on any atom is 0.259 e. The Bertz CT molecular complexity index is 1060. The smallest absolute Gasteiger partial charge is 0.259 e. The van der Waals surface area contributed by atoms with E-state index in [1.807, 2.05) is 41.5 Å². The molecule has 2 N–H and O–H groups in total. The monoisotopic (exact) mass is 354 g/mol. The fourth-order valence-electron chi connectivity index (χ4n) is 3.69. The predicted octanol–water partition coefficient (Wildman–Crippen LogP) is 3.37. The van der Waals surface area contributed by atoms with E-state index in [0.717, 1.165) is 11.1 Å². The number of benzene rings is 1. The van der Waals surface area contributed by atoms with Crippen LogP contribution in [0.4, 0.5) is 0 Å². The first-order chi connectivity index (χ1) is 11.8. The summed E-state index contributed by atoms with van der Waals surface area (Å²) < 4.78 is 0. The summed E-state index contributed by atoms with van der Waals surface area (Å²) in [6, 6.07) is 0. The average molecular weight is 354 g/mol. The Morgan fingerprint density at radius 2 is 0.962 bits per heavy atom. The van der Waals surface area contributed by atoms with Crippen molar-refractivity contribution in [2.24, 2.45) is 0 Å². The molecule has 0 amide bonds. The number of nitrogens with one attached hydrogen (secondary N) is 2. The van der Waals surface area contributed by atoms with Gasteiger partial charge in [0.2, 0.25) is 0 Å². The Labute approximate surface area is 152 Å². The van der Waals surface area contributed by atoms with Gasteiger partial charge in [-0.2, -0.15) is 0 Å². The van der Waals surface area contributed by atoms with Gasteiger partial charge in [0.1, 0.15) is 11.6 Å². The van der Waals surface area contributed by atoms with Crippen molar-refractivity contribution < 1.29 is 0 Å². The largest absolute Gasteiger partial charge is 0.310 e. The van der Waals surface area contributed by atoms with E-state index in [9.17, 15) is 9.59 Å². The zero-order valence-corrected chi connectivity index (χ0v) is 16.7. The van der Waals surface area contributed by atoms with Gasteiger partial charge in [-0.15, -0.1) is 0 Å². The minimum Gasteiger partial charge on any atom is -0.310 e. The Morgan fingerprint density at radius 1 is 0.654 bits per heavy atom. The minimum atomic E-state index is -0.385. The molecular weight excluding hydrogens is 328 g/mol. The number of hydrogen-bond acceptors (Lipinski definition) is 4. The lowest BCUT2D eigenvalue weighted by Gasteiger charge is -2.28. The van der Waals surface area contributed by atoms with Gasteiger partial charge in [-0.25, -0.2) is 9.97 Å². The molecule has 2 heterocycles. The van der Waals surface area contributed by atoms with E-state index in [1.54, 1.807) is 13.8 Å². The lowest BCUT2D eigenvalue weighted by Crippen LogP contribution is -2.27. The lowest BCUT2D eigenvalue weighted by molar-refractivity contribution is 0.589. The van der Waals surface area contributed by atoms with Crippen molar-refractivity contribution in [3.8, 4) is 0 Å². The summed E-state index contributed by atoms with van der Waals surface area (Å²) in [6.45, 7) is 15.7. The molecule has 2 aromatic heterocycles. The number of hydrogen-bond donors (Lipinski definition) is 2. The highest BCUT2D eigenvalue weighted by molar-refractivity contribution is 6.03. The number of aromatic amines is 2. The molecule has 3 aromatic rings. The van der Waals surface area contributed by atoms with E-state index in [0.29, 0.717) is 33.5 Å². The summed E-state index contributed by atoms with van der Waals surface area (Å²) >= 11 is 0. The van der Waals surface area contributed by atoms with Gasteiger partial charge < -0.3 is 9.97 Å². The second kappa shape index (κ2) is 5.50. The van der Waals surface area contributed by atoms with Gasteiger partial charge in [-0.3, -0.25) is 9.59 Å². The quantitative estimate of drug-likeness (QED) is 0.606. The van der Waals surface area contributed by atoms with E-state index in [2.05, 4.69) is 19.9 Å². The Balaban J connectivity index is 2.87. The maximum absolute atomic E-state index is 13.0. The van der Waals surface area contributed by atoms with Gasteiger partial charge in [0, 0.05) is 0 Å². The zero-order chi connectivity index (χ0) is 19.6. The summed E-state index contributed by atoms with van der Waals surface area (Å²) in [5.74, 6) is 1.06. The van der Waals surface area contributed by atoms with Crippen molar-refractivity contribution in [1.82, 2.24) is 19.9 Å². The van der Waals surface area contributed by atoms with Crippen LogP contribution >= 0.6 is 0 Å². The molecule has 0 bridgehead atoms. The van der Waals surface area contributed by atoms with Gasteiger partial charge >= 0.3 is 0 Å². The number of H-pyrrole nitrogens is 2. The topological polar surface area (TPSA) is 91.5 Å². The molecule has 26 heavy (non-hydrogen) atoms. The third-order valence-electron chi connectivity index (χ3n) is 4.55. The standard InChI is InChI=1S/C20H26N4O2/c1-9-21-15-11(17(25)23-9)14(20(6,7)8)16-12(13(15)19(3,4)5)18(26)24-10(2)22-16/h1-8H3,(H,21,23,25)(H,22,24,26). The van der Waals surface area contributed by atoms with Crippen LogP contribution in [0.1, 0.15) is 64.3 Å². The van der Waals surface area contributed by atoms with Crippen molar-refractivity contribution >= 4 is 21.8 Å². The number of rotatable bonds is 0. The molecule has 0 aliphatic carbocycles. The van der Waals surface area contributed by atoms with Crippen molar-refractivity contribution in [2.75, 3.05) is 0 Å². The molecule has 0 atom stereocenters. The summed E-state index contributed by atoms with van der Waals surface area (Å²) in [6.07, 6.45) is 0. The molecule has 0 unspecified atom stereocenters. The second-order valence-corrected chi connectivity index (χ2v) is 9.00. The van der Waals surface area contributed by atoms with Crippen LogP contribution in [0.2, 0.25) is 0 Å². The number of nitrogens with zero attached hydrogens (tertiary/aromatic N) is 2. The molecule has 6 heteroatoms. The van der Waals surface area contributed by atoms with Crippen LogP contribution in [0, 0.1) is 13.8 Å². The van der Waals surface area contributed by atoms with Crippen molar-refractivity contribution in [1.29, 1.82) is 0 Å². The number of aromatic nitrogens is 4. The van der Waals surface area contributed by atoms with Gasteiger partial charge in [-0.1, -0.05) is 41.5 Å². The molecule has 6 nitrogen and oxygen atoms in total. The van der Waals surface area contributed by atoms with Gasteiger partial charge in [0.05, 0.1) is 21.8 Å². The maximum atomic E-state index is 13.0. The molecule has 0 fully saturated rings. The molecule has 3 rings (SSSR count). The van der Waals surface area contributed by atoms with E-state index in [4.69, 9.17) is 0 Å². The zero-order valence-electron chi connectivity index (χ0n) is 16.7. The first-order valence-electron chi connectivity index (χ1n) is 8.80. The van der Waals surface area contributed by atoms with Gasteiger partial charge in [-0.05, 0) is 35.8 Å². The highest BCUT2D eigenvalue weighted by Crippen LogP contribution is 2.39. The Hall–Kier alpha value is -2.50. The van der Waals surface area contributed by atoms with Crippen molar-refractivity contribution in [3.05, 3.63) is 43.5 Å². The van der Waals surface area contributed by atoms with Crippen LogP contribution in [0.25, 0.3) is 21.8 Å². The molecule has 1 aromatic carbocycles. The van der Waals surface area contributed by atoms with Crippen LogP contribution in [-0.2, 0) is 10.8 Å². The minimum absolute atomic E-state index is 0.190. The third-order valence-corrected chi connectivity index (χ3v) is 4.55. The van der Waals surface area contributed by atoms with Gasteiger partial charge in [0.15, 0.2) is 0 Å². The third kappa shape index (κ3) is 2.73. The summed E-state index contributed by atoms with van der Waals surface area (Å²) in [5.41, 5.74) is 1.56. The fraction of sp³-hybridized carbons (Fsp3) is 0.500. The fourth-order valence-corrected chi connectivity index (χ4v) is 3.69. The molecule has 0 saturated carbocycles. The van der Waals surface area contributed by atoms with Crippen LogP contribution < -0.4 is 11.1 Å². The molecule has 0 aliphatic heterocycles. The lowest BCUT2D eigenvalue weighted by atomic mass is 9.77.